The predicted molar refractivity (Wildman–Crippen MR) is 140 cm³/mol. The van der Waals surface area contributed by atoms with Crippen LogP contribution in [0, 0.1) is 13.8 Å². The van der Waals surface area contributed by atoms with Crippen LogP contribution in [0.2, 0.25) is 6.04 Å². The van der Waals surface area contributed by atoms with Gasteiger partial charge >= 0.3 is 60.5 Å². The molecule has 165 valence electrons. The van der Waals surface area contributed by atoms with Gasteiger partial charge in [-0.3, -0.25) is 0 Å². The van der Waals surface area contributed by atoms with Gasteiger partial charge in [0, 0.05) is 0 Å². The zero-order chi connectivity index (χ0) is 22.8. The summed E-state index contributed by atoms with van der Waals surface area (Å²) in [5.74, 6) is 0. The topological polar surface area (TPSA) is 0 Å². The molecule has 0 aromatic heterocycles. The van der Waals surface area contributed by atoms with Gasteiger partial charge in [0.2, 0.25) is 0 Å². The minimum Gasteiger partial charge on any atom is -0.165 e. The quantitative estimate of drug-likeness (QED) is 0.155. The fraction of sp³-hybridized carbons (Fsp3) is 0.333. The second-order valence-corrected chi connectivity index (χ2v) is 31.4. The third-order valence-corrected chi connectivity index (χ3v) is 18.5. The molecule has 0 N–H and O–H groups in total. The molecule has 0 saturated heterocycles. The molecule has 4 rings (SSSR count). The molecule has 0 amide bonds. The van der Waals surface area contributed by atoms with E-state index in [1.165, 1.54) is 56.3 Å². The number of fused-ring (bicyclic) bond motifs is 2. The molecule has 4 aromatic carbocycles. The van der Waals surface area contributed by atoms with Gasteiger partial charge in [0.05, 0.1) is 0 Å². The summed E-state index contributed by atoms with van der Waals surface area (Å²) in [5, 5.41) is 5.59. The standard InChI is InChI=1S/2C12H13.C3H7Si.2ClH.Hf/c2*1-3-10-7-11-6-4-5-9(2)12(11)8-10;1-2-3-4;;;/h2*4-8H,3H2,1-2H3;2-3H2,1H3;2*1H;/q2*-1;;;;+2/p-2. The Morgan fingerprint density at radius 1 is 0.774 bits per heavy atom. The number of aryl methyl sites for hydroxylation is 4. The summed E-state index contributed by atoms with van der Waals surface area (Å²) in [6, 6.07) is 23.4. The van der Waals surface area contributed by atoms with Gasteiger partial charge in [-0.2, -0.15) is 12.1 Å². The number of benzene rings is 2. The van der Waals surface area contributed by atoms with Crippen LogP contribution in [0.4, 0.5) is 0 Å². The third kappa shape index (κ3) is 8.31. The van der Waals surface area contributed by atoms with Gasteiger partial charge in [-0.25, -0.2) is 0 Å². The Bertz CT molecular complexity index is 1040. The van der Waals surface area contributed by atoms with E-state index in [1.807, 2.05) is 0 Å². The van der Waals surface area contributed by atoms with E-state index in [-0.39, 0.29) is 0 Å². The van der Waals surface area contributed by atoms with E-state index in [2.05, 4.69) is 95.3 Å². The van der Waals surface area contributed by atoms with Gasteiger partial charge in [-0.1, -0.05) is 37.1 Å². The maximum Gasteiger partial charge on any atom is -0.0487 e. The van der Waals surface area contributed by atoms with E-state index in [4.69, 9.17) is 17.2 Å². The van der Waals surface area contributed by atoms with Crippen molar-refractivity contribution >= 4 is 44.9 Å². The minimum atomic E-state index is -1.80. The van der Waals surface area contributed by atoms with Crippen LogP contribution in [0.5, 0.6) is 0 Å². The number of hydrogen-bond acceptors (Lipinski definition) is 0. The molecule has 0 nitrogen and oxygen atoms in total. The van der Waals surface area contributed by atoms with Crippen molar-refractivity contribution in [1.29, 1.82) is 0 Å². The van der Waals surface area contributed by atoms with Gasteiger partial charge in [0.15, 0.2) is 0 Å². The van der Waals surface area contributed by atoms with Crippen LogP contribution in [0.1, 0.15) is 49.4 Å². The zero-order valence-corrected chi connectivity index (χ0v) is 25.5. The van der Waals surface area contributed by atoms with Crippen LogP contribution in [0.25, 0.3) is 21.5 Å². The fourth-order valence-electron chi connectivity index (χ4n) is 3.53. The van der Waals surface area contributed by atoms with E-state index in [9.17, 15) is 0 Å². The summed E-state index contributed by atoms with van der Waals surface area (Å²) in [6.07, 6.45) is 4.44. The van der Waals surface area contributed by atoms with Crippen molar-refractivity contribution in [3.05, 3.63) is 82.9 Å². The first-order valence-electron chi connectivity index (χ1n) is 11.1. The molecule has 0 aliphatic carbocycles. The van der Waals surface area contributed by atoms with E-state index in [0.29, 0.717) is 0 Å². The number of rotatable bonds is 4. The van der Waals surface area contributed by atoms with Crippen molar-refractivity contribution in [2.45, 2.75) is 59.9 Å². The first-order chi connectivity index (χ1) is 14.9. The van der Waals surface area contributed by atoms with Crippen molar-refractivity contribution in [2.75, 3.05) is 0 Å². The largest absolute Gasteiger partial charge is 0.165 e. The molecule has 4 heteroatoms. The summed E-state index contributed by atoms with van der Waals surface area (Å²) >= 11 is -1.80. The monoisotopic (exact) mass is 635 g/mol. The van der Waals surface area contributed by atoms with Crippen molar-refractivity contribution in [1.82, 2.24) is 0 Å². The normalized spacial score (nSPS) is 10.3. The Morgan fingerprint density at radius 3 is 1.52 bits per heavy atom. The second-order valence-electron chi connectivity index (χ2n) is 7.78. The van der Waals surface area contributed by atoms with Gasteiger partial charge in [0.1, 0.15) is 0 Å². The first kappa shape index (κ1) is 26.6. The van der Waals surface area contributed by atoms with Crippen LogP contribution in [-0.4, -0.2) is 6.22 Å². The average molecular weight is 635 g/mol. The molecule has 0 aliphatic heterocycles. The summed E-state index contributed by atoms with van der Waals surface area (Å²) in [7, 11) is 11.3. The van der Waals surface area contributed by atoms with Gasteiger partial charge < -0.3 is 0 Å². The van der Waals surface area contributed by atoms with Crippen molar-refractivity contribution in [3.8, 4) is 0 Å². The van der Waals surface area contributed by atoms with Gasteiger partial charge in [-0.15, -0.1) is 69.1 Å². The van der Waals surface area contributed by atoms with Crippen LogP contribution in [0.3, 0.4) is 0 Å². The molecule has 0 saturated carbocycles. The van der Waals surface area contributed by atoms with Gasteiger partial charge in [-0.05, 0) is 26.7 Å². The molecule has 0 aliphatic rings. The second kappa shape index (κ2) is 13.8. The molecule has 0 unspecified atom stereocenters. The van der Waals surface area contributed by atoms with E-state index in [0.717, 1.165) is 19.1 Å². The molecule has 1 radical (unpaired) electrons. The molecule has 0 bridgehead atoms. The van der Waals surface area contributed by atoms with E-state index < -0.39 is 17.7 Å². The summed E-state index contributed by atoms with van der Waals surface area (Å²) in [5.41, 5.74) is 5.65. The van der Waals surface area contributed by atoms with Crippen molar-refractivity contribution < 1.29 is 17.7 Å². The zero-order valence-electron chi connectivity index (χ0n) is 19.4. The smallest absolute Gasteiger partial charge is 0.0487 e. The van der Waals surface area contributed by atoms with Crippen molar-refractivity contribution in [3.63, 3.8) is 0 Å². The van der Waals surface area contributed by atoms with Gasteiger partial charge in [0.25, 0.3) is 0 Å². The van der Waals surface area contributed by atoms with Crippen LogP contribution < -0.4 is 0 Å². The van der Waals surface area contributed by atoms with E-state index in [1.54, 1.807) is 0 Å². The first-order valence-corrected chi connectivity index (χ1v) is 26.6. The SMILES string of the molecule is CCC[Si]=[Hf]([Cl])[Cl].CCc1cc2c(C)cccc2[cH-]1.CCc1cc2c(C)cccc2[cH-]1. The predicted octanol–water partition coefficient (Wildman–Crippen LogP) is 9.22. The Balaban J connectivity index is 0.000000173. The van der Waals surface area contributed by atoms with Crippen LogP contribution in [-0.2, 0) is 30.5 Å². The van der Waals surface area contributed by atoms with E-state index >= 15 is 0 Å². The minimum absolute atomic E-state index is 0.932. The number of halogens is 2. The maximum absolute atomic E-state index is 5.65. The average Bonchev–Trinajstić information content (AvgIpc) is 3.38. The summed E-state index contributed by atoms with van der Waals surface area (Å²) in [6.45, 7) is 10.9. The third-order valence-electron chi connectivity index (χ3n) is 5.38. The summed E-state index contributed by atoms with van der Waals surface area (Å²) in [4.78, 5) is 0. The van der Waals surface area contributed by atoms with Crippen LogP contribution >= 0.6 is 17.2 Å². The molecule has 0 fully saturated rings. The molecular weight excluding hydrogens is 602 g/mol. The molecule has 0 spiro atoms. The Morgan fingerprint density at radius 2 is 1.23 bits per heavy atom. The molecular formula is C27H33Cl2HfSi-2. The van der Waals surface area contributed by atoms with Crippen LogP contribution in [0.15, 0.2) is 60.7 Å². The molecule has 0 atom stereocenters. The molecule has 31 heavy (non-hydrogen) atoms. The maximum atomic E-state index is 5.65. The Kier molecular flexibility index (Phi) is 11.8. The molecule has 4 aromatic rings. The van der Waals surface area contributed by atoms with Crippen molar-refractivity contribution in [2.24, 2.45) is 0 Å². The molecule has 0 heterocycles. The summed E-state index contributed by atoms with van der Waals surface area (Å²) < 4.78 is 0. The Hall–Kier alpha value is -0.673. The Labute approximate surface area is 204 Å². The number of hydrogen-bond donors (Lipinski definition) is 0. The fourth-order valence-corrected chi connectivity index (χ4v) is 13.3.